The van der Waals surface area contributed by atoms with Gasteiger partial charge in [0.25, 0.3) is 0 Å². The summed E-state index contributed by atoms with van der Waals surface area (Å²) in [7, 11) is 0. The van der Waals surface area contributed by atoms with Crippen LogP contribution in [-0.2, 0) is 19.1 Å². The molecule has 0 aromatic heterocycles. The molecule has 0 heterocycles. The summed E-state index contributed by atoms with van der Waals surface area (Å²) >= 11 is 0. The van der Waals surface area contributed by atoms with E-state index >= 15 is 0 Å². The van der Waals surface area contributed by atoms with E-state index in [0.717, 1.165) is 57.3 Å². The van der Waals surface area contributed by atoms with Crippen LogP contribution in [0.15, 0.2) is 0 Å². The fourth-order valence-electron chi connectivity index (χ4n) is 3.83. The lowest BCUT2D eigenvalue weighted by molar-refractivity contribution is -0.155. The average Bonchev–Trinajstić information content (AvgIpc) is 2.69. The summed E-state index contributed by atoms with van der Waals surface area (Å²) in [6.45, 7) is 7.73. The van der Waals surface area contributed by atoms with E-state index in [0.29, 0.717) is 13.2 Å². The minimum Gasteiger partial charge on any atom is -0.465 e. The van der Waals surface area contributed by atoms with Crippen LogP contribution in [0.4, 0.5) is 0 Å². The Morgan fingerprint density at radius 3 is 1.61 bits per heavy atom. The molecule has 4 heteroatoms. The zero-order valence-corrected chi connectivity index (χ0v) is 18.7. The molecule has 0 N–H and O–H groups in total. The normalized spacial score (nSPS) is 19.6. The van der Waals surface area contributed by atoms with E-state index in [1.54, 1.807) is 0 Å². The molecule has 1 aliphatic carbocycles. The topological polar surface area (TPSA) is 52.6 Å². The van der Waals surface area contributed by atoms with Crippen molar-refractivity contribution in [2.45, 2.75) is 111 Å². The van der Waals surface area contributed by atoms with Crippen LogP contribution < -0.4 is 0 Å². The second-order valence-electron chi connectivity index (χ2n) is 8.89. The molecule has 0 aromatic carbocycles. The van der Waals surface area contributed by atoms with Gasteiger partial charge >= 0.3 is 11.9 Å². The first-order chi connectivity index (χ1) is 13.5. The van der Waals surface area contributed by atoms with Gasteiger partial charge in [-0.3, -0.25) is 9.59 Å². The molecule has 0 spiro atoms. The Bertz CT molecular complexity index is 411. The van der Waals surface area contributed by atoms with Crippen LogP contribution in [0.5, 0.6) is 0 Å². The van der Waals surface area contributed by atoms with Gasteiger partial charge in [-0.25, -0.2) is 0 Å². The summed E-state index contributed by atoms with van der Waals surface area (Å²) in [6, 6.07) is 0. The Morgan fingerprint density at radius 1 is 0.714 bits per heavy atom. The van der Waals surface area contributed by atoms with Crippen molar-refractivity contribution in [1.29, 1.82) is 0 Å². The highest BCUT2D eigenvalue weighted by molar-refractivity contribution is 5.75. The van der Waals surface area contributed by atoms with Gasteiger partial charge in [0.05, 0.1) is 25.0 Å². The minimum absolute atomic E-state index is 0.0264. The van der Waals surface area contributed by atoms with Gasteiger partial charge in [0.2, 0.25) is 0 Å². The van der Waals surface area contributed by atoms with Crippen LogP contribution in [0, 0.1) is 17.8 Å². The van der Waals surface area contributed by atoms with E-state index in [2.05, 4.69) is 20.8 Å². The Hall–Kier alpha value is -1.06. The van der Waals surface area contributed by atoms with E-state index in [9.17, 15) is 9.59 Å². The van der Waals surface area contributed by atoms with E-state index in [1.807, 2.05) is 0 Å². The predicted molar refractivity (Wildman–Crippen MR) is 114 cm³/mol. The molecule has 0 radical (unpaired) electrons. The Kier molecular flexibility index (Phi) is 14.1. The highest BCUT2D eigenvalue weighted by Crippen LogP contribution is 2.30. The number of carbonyl (C=O) groups excluding carboxylic acids is 2. The fraction of sp³-hybridized carbons (Fsp3) is 0.917. The largest absolute Gasteiger partial charge is 0.465 e. The second-order valence-corrected chi connectivity index (χ2v) is 8.89. The summed E-state index contributed by atoms with van der Waals surface area (Å²) in [4.78, 5) is 24.2. The molecular formula is C24H44O4. The quantitative estimate of drug-likeness (QED) is 0.235. The lowest BCUT2D eigenvalue weighted by Gasteiger charge is -2.26. The van der Waals surface area contributed by atoms with Crippen LogP contribution in [0.3, 0.4) is 0 Å². The van der Waals surface area contributed by atoms with E-state index < -0.39 is 0 Å². The molecule has 0 atom stereocenters. The first-order valence-electron chi connectivity index (χ1n) is 11.9. The summed E-state index contributed by atoms with van der Waals surface area (Å²) in [5.41, 5.74) is 0. The maximum absolute atomic E-state index is 12.2. The van der Waals surface area contributed by atoms with Crippen molar-refractivity contribution >= 4 is 11.9 Å². The summed E-state index contributed by atoms with van der Waals surface area (Å²) < 4.78 is 10.8. The summed E-state index contributed by atoms with van der Waals surface area (Å²) in [6.07, 6.45) is 15.0. The molecule has 0 aromatic rings. The van der Waals surface area contributed by atoms with Crippen molar-refractivity contribution in [3.05, 3.63) is 0 Å². The molecule has 4 nitrogen and oxygen atoms in total. The van der Waals surface area contributed by atoms with Gasteiger partial charge in [-0.2, -0.15) is 0 Å². The van der Waals surface area contributed by atoms with Crippen LogP contribution in [0.25, 0.3) is 0 Å². The number of esters is 2. The van der Waals surface area contributed by atoms with Crippen molar-refractivity contribution in [3.63, 3.8) is 0 Å². The van der Waals surface area contributed by atoms with Gasteiger partial charge < -0.3 is 9.47 Å². The Labute approximate surface area is 173 Å². The van der Waals surface area contributed by atoms with Crippen LogP contribution >= 0.6 is 0 Å². The number of hydrogen-bond donors (Lipinski definition) is 0. The molecule has 1 aliphatic rings. The molecule has 0 saturated heterocycles. The molecule has 1 saturated carbocycles. The molecular weight excluding hydrogens is 352 g/mol. The number of unbranched alkanes of at least 4 members (excludes halogenated alkanes) is 7. The standard InChI is InChI=1S/C24H44O4/c1-4-5-18-27-23(25)21-14-16-22(17-15-21)24(26)28-19-12-10-8-6-7-9-11-13-20(2)3/h20-22H,4-19H2,1-3H3. The van der Waals surface area contributed by atoms with Crippen molar-refractivity contribution in [2.24, 2.45) is 17.8 Å². The van der Waals surface area contributed by atoms with Gasteiger partial charge in [0.15, 0.2) is 0 Å². The second kappa shape index (κ2) is 15.8. The first kappa shape index (κ1) is 25.0. The molecule has 28 heavy (non-hydrogen) atoms. The molecule has 0 aliphatic heterocycles. The fourth-order valence-corrected chi connectivity index (χ4v) is 3.83. The van der Waals surface area contributed by atoms with E-state index in [-0.39, 0.29) is 23.8 Å². The SMILES string of the molecule is CCCCOC(=O)C1CCC(C(=O)OCCCCCCCCCC(C)C)CC1. The average molecular weight is 397 g/mol. The Balaban J connectivity index is 1.98. The molecule has 0 bridgehead atoms. The lowest BCUT2D eigenvalue weighted by atomic mass is 9.82. The van der Waals surface area contributed by atoms with Crippen molar-refractivity contribution < 1.29 is 19.1 Å². The lowest BCUT2D eigenvalue weighted by Crippen LogP contribution is -2.28. The van der Waals surface area contributed by atoms with Crippen molar-refractivity contribution in [2.75, 3.05) is 13.2 Å². The highest BCUT2D eigenvalue weighted by atomic mass is 16.5. The third-order valence-corrected chi connectivity index (χ3v) is 5.81. The monoisotopic (exact) mass is 396 g/mol. The van der Waals surface area contributed by atoms with Gasteiger partial charge in [-0.1, -0.05) is 72.1 Å². The van der Waals surface area contributed by atoms with Gasteiger partial charge in [0.1, 0.15) is 0 Å². The zero-order chi connectivity index (χ0) is 20.6. The number of rotatable bonds is 15. The van der Waals surface area contributed by atoms with Gasteiger partial charge in [-0.15, -0.1) is 0 Å². The predicted octanol–water partition coefficient (Wildman–Crippen LogP) is 6.46. The third kappa shape index (κ3) is 11.7. The minimum atomic E-state index is -0.0792. The highest BCUT2D eigenvalue weighted by Gasteiger charge is 2.31. The Morgan fingerprint density at radius 2 is 1.14 bits per heavy atom. The molecule has 0 unspecified atom stereocenters. The smallest absolute Gasteiger partial charge is 0.308 e. The molecule has 1 rings (SSSR count). The van der Waals surface area contributed by atoms with Gasteiger partial charge in [-0.05, 0) is 44.4 Å². The number of carbonyl (C=O) groups is 2. The molecule has 164 valence electrons. The maximum Gasteiger partial charge on any atom is 0.308 e. The number of hydrogen-bond acceptors (Lipinski definition) is 4. The third-order valence-electron chi connectivity index (χ3n) is 5.81. The molecule has 0 amide bonds. The summed E-state index contributed by atoms with van der Waals surface area (Å²) in [5.74, 6) is 0.627. The van der Waals surface area contributed by atoms with Crippen LogP contribution in [0.1, 0.15) is 111 Å². The van der Waals surface area contributed by atoms with Crippen molar-refractivity contribution in [1.82, 2.24) is 0 Å². The van der Waals surface area contributed by atoms with E-state index in [4.69, 9.17) is 9.47 Å². The summed E-state index contributed by atoms with van der Waals surface area (Å²) in [5, 5.41) is 0. The number of ether oxygens (including phenoxy) is 2. The first-order valence-corrected chi connectivity index (χ1v) is 11.9. The maximum atomic E-state index is 12.2. The molecule has 1 fully saturated rings. The van der Waals surface area contributed by atoms with Crippen LogP contribution in [-0.4, -0.2) is 25.2 Å². The van der Waals surface area contributed by atoms with Crippen molar-refractivity contribution in [3.8, 4) is 0 Å². The van der Waals surface area contributed by atoms with Gasteiger partial charge in [0, 0.05) is 0 Å². The van der Waals surface area contributed by atoms with Crippen LogP contribution in [0.2, 0.25) is 0 Å². The zero-order valence-electron chi connectivity index (χ0n) is 18.7. The van der Waals surface area contributed by atoms with E-state index in [1.165, 1.54) is 38.5 Å².